The minimum Gasteiger partial charge on any atom is -0.369 e. The lowest BCUT2D eigenvalue weighted by Crippen LogP contribution is -2.45. The lowest BCUT2D eigenvalue weighted by Gasteiger charge is -2.29. The summed E-state index contributed by atoms with van der Waals surface area (Å²) in [5, 5.41) is 6.08. The Morgan fingerprint density at radius 2 is 1.76 bits per heavy atom. The molecule has 3 rings (SSSR count). The van der Waals surface area contributed by atoms with Gasteiger partial charge in [0.25, 0.3) is 0 Å². The number of urea groups is 1. The highest BCUT2D eigenvalue weighted by Crippen LogP contribution is 2.27. The van der Waals surface area contributed by atoms with Crippen molar-refractivity contribution >= 4 is 17.9 Å². The van der Waals surface area contributed by atoms with E-state index in [9.17, 15) is 9.59 Å². The van der Waals surface area contributed by atoms with Gasteiger partial charge >= 0.3 is 6.03 Å². The third-order valence-corrected chi connectivity index (χ3v) is 7.38. The maximum atomic E-state index is 12.5. The fourth-order valence-electron chi connectivity index (χ4n) is 5.22. The number of carbonyl (C=O) groups is 2. The van der Waals surface area contributed by atoms with E-state index < -0.39 is 0 Å². The summed E-state index contributed by atoms with van der Waals surface area (Å²) >= 11 is 0. The highest BCUT2D eigenvalue weighted by Gasteiger charge is 2.24. The molecule has 0 bridgehead atoms. The molecular formula is C27H43N5O2. The minimum atomic E-state index is -0.104. The van der Waals surface area contributed by atoms with Gasteiger partial charge in [0.15, 0.2) is 5.96 Å². The van der Waals surface area contributed by atoms with E-state index >= 15 is 0 Å². The van der Waals surface area contributed by atoms with Gasteiger partial charge in [-0.25, -0.2) is 4.79 Å². The zero-order valence-corrected chi connectivity index (χ0v) is 20.8. The van der Waals surface area contributed by atoms with Gasteiger partial charge < -0.3 is 16.4 Å². The molecule has 4 N–H and O–H groups in total. The molecule has 0 radical (unpaired) electrons. The standard InChI is InChI=1S/C27H43N5O2/c1-32(25(33)16-15-21-9-4-2-5-10-21)26(28)30-20-23-13-8-14-24(19-23)31-27(34)29-18-17-22-11-6-3-7-12-22/h3,6-7,11-12,21,23-24H,2,4-5,8-10,13-20H2,1H3,(H2,28,30)(H2,29,31,34)/t23-,24+/m0/s1. The van der Waals surface area contributed by atoms with Crippen LogP contribution in [0.1, 0.15) is 76.2 Å². The van der Waals surface area contributed by atoms with Gasteiger partial charge in [-0.05, 0) is 49.5 Å². The predicted molar refractivity (Wildman–Crippen MR) is 137 cm³/mol. The first-order valence-electron chi connectivity index (χ1n) is 13.2. The summed E-state index contributed by atoms with van der Waals surface area (Å²) < 4.78 is 0. The molecule has 0 aromatic heterocycles. The lowest BCUT2D eigenvalue weighted by atomic mass is 9.86. The van der Waals surface area contributed by atoms with E-state index in [0.29, 0.717) is 37.3 Å². The van der Waals surface area contributed by atoms with Crippen LogP contribution in [0.25, 0.3) is 0 Å². The molecular weight excluding hydrogens is 426 g/mol. The molecule has 2 atom stereocenters. The number of amides is 3. The van der Waals surface area contributed by atoms with Gasteiger partial charge in [0.1, 0.15) is 0 Å². The molecule has 0 spiro atoms. The largest absolute Gasteiger partial charge is 0.369 e. The van der Waals surface area contributed by atoms with Crippen molar-refractivity contribution in [1.82, 2.24) is 15.5 Å². The summed E-state index contributed by atoms with van der Waals surface area (Å²) in [5.41, 5.74) is 7.35. The van der Waals surface area contributed by atoms with Crippen molar-refractivity contribution in [2.24, 2.45) is 22.6 Å². The molecule has 2 saturated carbocycles. The molecule has 188 valence electrons. The molecule has 3 amide bonds. The van der Waals surface area contributed by atoms with Crippen molar-refractivity contribution in [2.45, 2.75) is 83.1 Å². The zero-order chi connectivity index (χ0) is 24.2. The molecule has 2 fully saturated rings. The van der Waals surface area contributed by atoms with E-state index in [1.54, 1.807) is 7.05 Å². The lowest BCUT2D eigenvalue weighted by molar-refractivity contribution is -0.126. The van der Waals surface area contributed by atoms with Crippen molar-refractivity contribution in [1.29, 1.82) is 0 Å². The normalized spacial score (nSPS) is 21.6. The molecule has 34 heavy (non-hydrogen) atoms. The monoisotopic (exact) mass is 469 g/mol. The zero-order valence-electron chi connectivity index (χ0n) is 20.8. The second kappa shape index (κ2) is 14.0. The second-order valence-corrected chi connectivity index (χ2v) is 10.1. The summed E-state index contributed by atoms with van der Waals surface area (Å²) in [6, 6.07) is 10.2. The quantitative estimate of drug-likeness (QED) is 0.373. The molecule has 2 aliphatic rings. The number of nitrogens with zero attached hydrogens (tertiary/aromatic N) is 2. The van der Waals surface area contributed by atoms with Gasteiger partial charge in [-0.15, -0.1) is 0 Å². The van der Waals surface area contributed by atoms with E-state index in [1.807, 2.05) is 18.2 Å². The van der Waals surface area contributed by atoms with E-state index in [2.05, 4.69) is 27.8 Å². The summed E-state index contributed by atoms with van der Waals surface area (Å²) in [6.45, 7) is 1.22. The van der Waals surface area contributed by atoms with Crippen LogP contribution in [-0.2, 0) is 11.2 Å². The van der Waals surface area contributed by atoms with Gasteiger partial charge in [0.05, 0.1) is 0 Å². The van der Waals surface area contributed by atoms with Gasteiger partial charge in [-0.2, -0.15) is 0 Å². The van der Waals surface area contributed by atoms with Crippen LogP contribution in [0, 0.1) is 11.8 Å². The van der Waals surface area contributed by atoms with Crippen molar-refractivity contribution in [3.05, 3.63) is 35.9 Å². The predicted octanol–water partition coefficient (Wildman–Crippen LogP) is 4.22. The molecule has 0 aliphatic heterocycles. The highest BCUT2D eigenvalue weighted by molar-refractivity contribution is 5.95. The summed E-state index contributed by atoms with van der Waals surface area (Å²) in [7, 11) is 1.73. The first kappa shape index (κ1) is 26.0. The minimum absolute atomic E-state index is 0.0576. The van der Waals surface area contributed by atoms with Crippen LogP contribution >= 0.6 is 0 Å². The fraction of sp³-hybridized carbons (Fsp3) is 0.667. The molecule has 0 unspecified atom stereocenters. The van der Waals surface area contributed by atoms with Crippen LogP contribution in [0.4, 0.5) is 4.79 Å². The molecule has 7 heteroatoms. The molecule has 2 aliphatic carbocycles. The number of benzene rings is 1. The fourth-order valence-corrected chi connectivity index (χ4v) is 5.22. The van der Waals surface area contributed by atoms with E-state index in [0.717, 1.165) is 38.5 Å². The summed E-state index contributed by atoms with van der Waals surface area (Å²) in [6.07, 6.45) is 12.8. The number of rotatable bonds is 9. The van der Waals surface area contributed by atoms with Gasteiger partial charge in [-0.1, -0.05) is 68.9 Å². The van der Waals surface area contributed by atoms with E-state index in [4.69, 9.17) is 5.73 Å². The van der Waals surface area contributed by atoms with Gasteiger partial charge in [0.2, 0.25) is 5.91 Å². The topological polar surface area (TPSA) is 99.8 Å². The van der Waals surface area contributed by atoms with Crippen LogP contribution in [0.15, 0.2) is 35.3 Å². The third kappa shape index (κ3) is 8.99. The van der Waals surface area contributed by atoms with Gasteiger partial charge in [-0.3, -0.25) is 14.7 Å². The van der Waals surface area contributed by atoms with Crippen LogP contribution in [0.3, 0.4) is 0 Å². The summed E-state index contributed by atoms with van der Waals surface area (Å²) in [4.78, 5) is 30.9. The third-order valence-electron chi connectivity index (χ3n) is 7.38. The number of nitrogens with one attached hydrogen (secondary N) is 2. The van der Waals surface area contributed by atoms with Crippen molar-refractivity contribution in [3.63, 3.8) is 0 Å². The van der Waals surface area contributed by atoms with Crippen LogP contribution in [0.5, 0.6) is 0 Å². The average molecular weight is 470 g/mol. The Bertz CT molecular complexity index is 791. The Morgan fingerprint density at radius 3 is 2.53 bits per heavy atom. The Kier molecular flexibility index (Phi) is 10.7. The summed E-state index contributed by atoms with van der Waals surface area (Å²) in [5.74, 6) is 1.42. The highest BCUT2D eigenvalue weighted by atomic mass is 16.2. The van der Waals surface area contributed by atoms with Crippen molar-refractivity contribution < 1.29 is 9.59 Å². The first-order valence-corrected chi connectivity index (χ1v) is 13.2. The molecule has 7 nitrogen and oxygen atoms in total. The number of aliphatic imine (C=N–C) groups is 1. The molecule has 1 aromatic carbocycles. The Morgan fingerprint density at radius 1 is 1.03 bits per heavy atom. The average Bonchev–Trinajstić information content (AvgIpc) is 2.87. The second-order valence-electron chi connectivity index (χ2n) is 10.1. The Labute approximate surface area is 205 Å². The smallest absolute Gasteiger partial charge is 0.315 e. The maximum Gasteiger partial charge on any atom is 0.315 e. The number of hydrogen-bond donors (Lipinski definition) is 3. The number of carbonyl (C=O) groups excluding carboxylic acids is 2. The van der Waals surface area contributed by atoms with E-state index in [-0.39, 0.29) is 18.0 Å². The van der Waals surface area contributed by atoms with Crippen LogP contribution in [-0.4, -0.2) is 49.0 Å². The van der Waals surface area contributed by atoms with Crippen LogP contribution in [0.2, 0.25) is 0 Å². The molecule has 1 aromatic rings. The van der Waals surface area contributed by atoms with Crippen molar-refractivity contribution in [3.8, 4) is 0 Å². The SMILES string of the molecule is CN(C(=O)CCC1CCCCC1)C(N)=NC[C@H]1CCC[C@@H](NC(=O)NCCc2ccccc2)C1. The van der Waals surface area contributed by atoms with Crippen molar-refractivity contribution in [2.75, 3.05) is 20.1 Å². The maximum absolute atomic E-state index is 12.5. The first-order chi connectivity index (χ1) is 16.5. The van der Waals surface area contributed by atoms with Crippen LogP contribution < -0.4 is 16.4 Å². The Balaban J connectivity index is 1.35. The number of nitrogens with two attached hydrogens (primary N) is 1. The number of guanidine groups is 1. The van der Waals surface area contributed by atoms with Gasteiger partial charge in [0, 0.05) is 32.6 Å². The molecule has 0 heterocycles. The number of hydrogen-bond acceptors (Lipinski definition) is 3. The van der Waals surface area contributed by atoms with E-state index in [1.165, 1.54) is 42.6 Å². The molecule has 0 saturated heterocycles. The Hall–Kier alpha value is -2.57.